The van der Waals surface area contributed by atoms with E-state index in [0.29, 0.717) is 5.56 Å². The lowest BCUT2D eigenvalue weighted by Gasteiger charge is -2.17. The Morgan fingerprint density at radius 2 is 0.421 bits per heavy atom. The van der Waals surface area contributed by atoms with Gasteiger partial charge in [0.05, 0.1) is 6.85 Å². The normalized spacial score (nSPS) is 12.2. The van der Waals surface area contributed by atoms with Gasteiger partial charge in [-0.3, -0.25) is 0 Å². The molecular formula is C118H74O3. The number of rotatable bonds is 9. The summed E-state index contributed by atoms with van der Waals surface area (Å²) in [5.41, 5.74) is 25.1. The molecule has 0 saturated heterocycles. The Kier molecular flexibility index (Phi) is 16.0. The van der Waals surface area contributed by atoms with Crippen molar-refractivity contribution in [1.29, 1.82) is 0 Å². The van der Waals surface area contributed by atoms with Crippen molar-refractivity contribution in [2.45, 2.75) is 0 Å². The summed E-state index contributed by atoms with van der Waals surface area (Å²) < 4.78 is 61.6. The lowest BCUT2D eigenvalue weighted by Crippen LogP contribution is -1.90. The number of fused-ring (bicyclic) bond motifs is 16. The molecule has 0 saturated carbocycles. The van der Waals surface area contributed by atoms with Crippen LogP contribution >= 0.6 is 0 Å². The molecule has 25 aromatic rings. The second-order valence-electron chi connectivity index (χ2n) is 31.1. The van der Waals surface area contributed by atoms with Crippen LogP contribution in [0.3, 0.4) is 0 Å². The molecule has 0 unspecified atom stereocenters. The first-order valence-electron chi connectivity index (χ1n) is 43.6. The van der Waals surface area contributed by atoms with Gasteiger partial charge in [-0.05, 0) is 248 Å². The second-order valence-corrected chi connectivity index (χ2v) is 31.1. The van der Waals surface area contributed by atoms with E-state index in [0.717, 1.165) is 110 Å². The van der Waals surface area contributed by atoms with E-state index in [1.807, 2.05) is 60.7 Å². The van der Waals surface area contributed by atoms with Crippen molar-refractivity contribution in [3.05, 3.63) is 449 Å². The topological polar surface area (TPSA) is 39.4 Å². The molecular weight excluding hydrogens is 1470 g/mol. The van der Waals surface area contributed by atoms with Crippen molar-refractivity contribution in [3.8, 4) is 100 Å². The fourth-order valence-corrected chi connectivity index (χ4v) is 18.9. The first-order valence-corrected chi connectivity index (χ1v) is 41.1. The van der Waals surface area contributed by atoms with E-state index in [2.05, 4.69) is 358 Å². The van der Waals surface area contributed by atoms with Gasteiger partial charge >= 0.3 is 0 Å². The van der Waals surface area contributed by atoms with Crippen molar-refractivity contribution >= 4 is 141 Å². The van der Waals surface area contributed by atoms with E-state index < -0.39 is 6.04 Å². The van der Waals surface area contributed by atoms with E-state index in [4.69, 9.17) is 20.1 Å². The van der Waals surface area contributed by atoms with Crippen LogP contribution in [0.2, 0.25) is 0 Å². The second kappa shape index (κ2) is 29.7. The molecule has 0 spiro atoms. The van der Waals surface area contributed by atoms with Gasteiger partial charge in [0.2, 0.25) is 0 Å². The van der Waals surface area contributed by atoms with Crippen LogP contribution < -0.4 is 0 Å². The van der Waals surface area contributed by atoms with Crippen molar-refractivity contribution in [2.24, 2.45) is 0 Å². The van der Waals surface area contributed by atoms with Crippen molar-refractivity contribution in [1.82, 2.24) is 0 Å². The molecule has 0 aliphatic carbocycles. The van der Waals surface area contributed by atoms with Crippen LogP contribution in [0.1, 0.15) is 6.85 Å². The molecule has 0 amide bonds. The molecule has 3 nitrogen and oxygen atoms in total. The van der Waals surface area contributed by atoms with Crippen LogP contribution in [0.25, 0.3) is 241 Å². The minimum atomic E-state index is -0.400. The average Bonchev–Trinajstić information content (AvgIpc) is 0.867. The largest absolute Gasteiger partial charge is 0.456 e. The van der Waals surface area contributed by atoms with Crippen LogP contribution in [0.5, 0.6) is 0 Å². The molecule has 0 fully saturated rings. The molecule has 0 bridgehead atoms. The van der Waals surface area contributed by atoms with Crippen LogP contribution in [0, 0.1) is 0 Å². The zero-order valence-corrected chi connectivity index (χ0v) is 65.6. The predicted molar refractivity (Wildman–Crippen MR) is 513 cm³/mol. The summed E-state index contributed by atoms with van der Waals surface area (Å²) in [6.07, 6.45) is 0. The smallest absolute Gasteiger partial charge is 0.136 e. The first-order chi connectivity index (χ1) is 62.1. The van der Waals surface area contributed by atoms with Gasteiger partial charge in [0.15, 0.2) is 0 Å². The standard InChI is InChI=1S/C42H26O.2C38H24O/c1-2-11-28(12-3-1)41-33-14-6-8-16-35(33)42(36-17-9-7-15-34(36)41)32-21-23-40-38(26-32)37-25-31(20-22-39(37)43-40)30-19-18-27-10-4-5-13-29(27)24-30;1-3-12-25(13-4-1)28-20-11-21-35-38(28)33-24-27(22-23-34(33)39-35)37-31-18-9-7-16-29(31)36(26-14-5-2-6-15-26)30-17-8-10-19-32(30)37;1-3-11-25(12-4-1)27-19-21-35-33(23-27)34-24-28(20-22-36(34)39-35)38-31-17-9-7-15-29(31)37(26-13-5-2-6-14-26)30-16-8-10-18-32(30)38/h1-26H;2*1-24H/i1D,2D,3D,11D,12D;;. The fourth-order valence-electron chi connectivity index (χ4n) is 18.9. The fraction of sp³-hybridized carbons (Fsp3) is 0. The lowest BCUT2D eigenvalue weighted by atomic mass is 9.85. The third kappa shape index (κ3) is 12.3. The summed E-state index contributed by atoms with van der Waals surface area (Å²) in [7, 11) is 0. The Hall–Kier alpha value is -15.9. The average molecular weight is 1540 g/mol. The minimum absolute atomic E-state index is 0.206. The Morgan fingerprint density at radius 1 is 0.149 bits per heavy atom. The highest BCUT2D eigenvalue weighted by molar-refractivity contribution is 6.26. The van der Waals surface area contributed by atoms with Crippen molar-refractivity contribution < 1.29 is 20.1 Å². The van der Waals surface area contributed by atoms with Crippen LogP contribution in [-0.4, -0.2) is 0 Å². The summed E-state index contributed by atoms with van der Waals surface area (Å²) in [6.45, 7) is 0. The van der Waals surface area contributed by atoms with Gasteiger partial charge in [0, 0.05) is 32.3 Å². The van der Waals surface area contributed by atoms with Gasteiger partial charge in [-0.25, -0.2) is 0 Å². The summed E-state index contributed by atoms with van der Waals surface area (Å²) >= 11 is 0. The number of hydrogen-bond donors (Lipinski definition) is 0. The molecule has 0 N–H and O–H groups in total. The van der Waals surface area contributed by atoms with E-state index in [-0.39, 0.29) is 29.7 Å². The minimum Gasteiger partial charge on any atom is -0.456 e. The van der Waals surface area contributed by atoms with Crippen molar-refractivity contribution in [3.63, 3.8) is 0 Å². The quantitative estimate of drug-likeness (QED) is 0.135. The highest BCUT2D eigenvalue weighted by Crippen LogP contribution is 2.50. The van der Waals surface area contributed by atoms with Gasteiger partial charge in [-0.15, -0.1) is 0 Å². The molecule has 25 rings (SSSR count). The summed E-state index contributed by atoms with van der Waals surface area (Å²) in [5.74, 6) is 0. The number of benzene rings is 22. The monoisotopic (exact) mass is 1540 g/mol. The van der Waals surface area contributed by atoms with E-state index >= 15 is 0 Å². The molecule has 3 heteroatoms. The third-order valence-electron chi connectivity index (χ3n) is 24.2. The van der Waals surface area contributed by atoms with Gasteiger partial charge < -0.3 is 13.3 Å². The van der Waals surface area contributed by atoms with Crippen LogP contribution in [0.15, 0.2) is 462 Å². The Bertz CT molecular complexity index is 8510. The number of furan rings is 3. The number of hydrogen-bond acceptors (Lipinski definition) is 3. The maximum absolute atomic E-state index is 8.83. The molecule has 0 aliphatic heterocycles. The molecule has 3 aromatic heterocycles. The third-order valence-corrected chi connectivity index (χ3v) is 24.2. The van der Waals surface area contributed by atoms with Gasteiger partial charge in [0.25, 0.3) is 0 Å². The summed E-state index contributed by atoms with van der Waals surface area (Å²) in [5, 5.41) is 22.6. The van der Waals surface area contributed by atoms with E-state index in [1.54, 1.807) is 0 Å². The Balaban J connectivity index is 0.000000109. The highest BCUT2D eigenvalue weighted by Gasteiger charge is 2.24. The molecule has 564 valence electrons. The molecule has 0 atom stereocenters. The van der Waals surface area contributed by atoms with E-state index in [1.165, 1.54) is 121 Å². The van der Waals surface area contributed by atoms with Gasteiger partial charge in [-0.2, -0.15) is 0 Å². The van der Waals surface area contributed by atoms with Crippen LogP contribution in [-0.2, 0) is 0 Å². The summed E-state index contributed by atoms with van der Waals surface area (Å²) in [6, 6.07) is 146. The predicted octanol–water partition coefficient (Wildman–Crippen LogP) is 33.8. The van der Waals surface area contributed by atoms with Crippen LogP contribution in [0.4, 0.5) is 0 Å². The molecule has 3 heterocycles. The zero-order chi connectivity index (χ0) is 84.2. The molecule has 0 aliphatic rings. The lowest BCUT2D eigenvalue weighted by molar-refractivity contribution is 0.668. The molecule has 121 heavy (non-hydrogen) atoms. The van der Waals surface area contributed by atoms with Gasteiger partial charge in [-0.1, -0.05) is 376 Å². The van der Waals surface area contributed by atoms with Crippen molar-refractivity contribution in [2.75, 3.05) is 0 Å². The maximum atomic E-state index is 8.83. The Morgan fingerprint density at radius 3 is 0.818 bits per heavy atom. The van der Waals surface area contributed by atoms with E-state index in [9.17, 15) is 0 Å². The van der Waals surface area contributed by atoms with Gasteiger partial charge in [0.1, 0.15) is 33.5 Å². The SMILES string of the molecule is [2H]c1c([2H])c([2H])c(-c2c3ccccc3c(-c3ccc4oc5ccc(-c6ccc7ccccc7c6)cc5c4c3)c3ccccc23)c([2H])c1[2H].c1ccc(-c2c3ccccc3c(-c3ccc4oc5cccc(-c6ccccc6)c5c4c3)c3ccccc23)cc1.c1ccc(-c2ccc3oc4ccc(-c5c6ccccc6c(-c6ccccc6)c6ccccc56)cc4c3c2)cc1. The maximum Gasteiger partial charge on any atom is 0.136 e. The Labute approximate surface area is 705 Å². The molecule has 22 aromatic carbocycles. The summed E-state index contributed by atoms with van der Waals surface area (Å²) in [4.78, 5) is 0. The first kappa shape index (κ1) is 65.2. The molecule has 0 radical (unpaired) electrons. The zero-order valence-electron chi connectivity index (χ0n) is 70.6. The highest BCUT2D eigenvalue weighted by atomic mass is 16.3.